The molecule has 1 N–H and O–H groups in total. The molecule has 0 radical (unpaired) electrons. The number of hydrogen-bond acceptors (Lipinski definition) is 2. The van der Waals surface area contributed by atoms with E-state index >= 15 is 0 Å². The van der Waals surface area contributed by atoms with Crippen molar-refractivity contribution in [1.82, 2.24) is 5.32 Å². The average molecular weight is 171 g/mol. The van der Waals surface area contributed by atoms with Gasteiger partial charge in [0.25, 0.3) is 0 Å². The largest absolute Gasteiger partial charge is 0.378 e. The van der Waals surface area contributed by atoms with Gasteiger partial charge < -0.3 is 10.1 Å². The van der Waals surface area contributed by atoms with Crippen LogP contribution in [-0.2, 0) is 4.74 Å². The highest BCUT2D eigenvalue weighted by Gasteiger charge is 2.27. The van der Waals surface area contributed by atoms with E-state index in [1.807, 2.05) is 0 Å². The summed E-state index contributed by atoms with van der Waals surface area (Å²) in [5, 5.41) is 3.58. The maximum absolute atomic E-state index is 5.56. The molecule has 12 heavy (non-hydrogen) atoms. The molecule has 1 saturated heterocycles. The molecule has 0 spiro atoms. The summed E-state index contributed by atoms with van der Waals surface area (Å²) in [7, 11) is 0. The zero-order chi connectivity index (χ0) is 9.14. The highest BCUT2D eigenvalue weighted by atomic mass is 16.5. The quantitative estimate of drug-likeness (QED) is 0.684. The molecule has 0 amide bonds. The first-order valence-electron chi connectivity index (χ1n) is 4.99. The molecule has 1 rings (SSSR count). The van der Waals surface area contributed by atoms with E-state index in [1.165, 1.54) is 0 Å². The van der Waals surface area contributed by atoms with E-state index < -0.39 is 0 Å². The van der Waals surface area contributed by atoms with Crippen molar-refractivity contribution < 1.29 is 4.74 Å². The van der Waals surface area contributed by atoms with Crippen LogP contribution < -0.4 is 5.32 Å². The fraction of sp³-hybridized carbons (Fsp3) is 1.00. The Bertz CT molecular complexity index is 136. The van der Waals surface area contributed by atoms with Crippen LogP contribution in [0.1, 0.15) is 34.1 Å². The second-order valence-electron chi connectivity index (χ2n) is 4.15. The van der Waals surface area contributed by atoms with Gasteiger partial charge in [-0.15, -0.1) is 0 Å². The van der Waals surface area contributed by atoms with Crippen LogP contribution in [0.4, 0.5) is 0 Å². The summed E-state index contributed by atoms with van der Waals surface area (Å²) >= 11 is 0. The van der Waals surface area contributed by atoms with Crippen LogP contribution in [0.15, 0.2) is 0 Å². The molecule has 2 heteroatoms. The van der Waals surface area contributed by atoms with Gasteiger partial charge in [-0.2, -0.15) is 0 Å². The molecular weight excluding hydrogens is 150 g/mol. The zero-order valence-electron chi connectivity index (χ0n) is 8.63. The first kappa shape index (κ1) is 10.0. The minimum Gasteiger partial charge on any atom is -0.378 e. The number of hydrogen-bond donors (Lipinski definition) is 1. The summed E-state index contributed by atoms with van der Waals surface area (Å²) in [5.41, 5.74) is 0. The molecule has 2 nitrogen and oxygen atoms in total. The minimum atomic E-state index is 0.412. The fourth-order valence-electron chi connectivity index (χ4n) is 1.79. The van der Waals surface area contributed by atoms with E-state index in [9.17, 15) is 0 Å². The molecule has 72 valence electrons. The molecule has 0 aromatic heterocycles. The molecule has 3 unspecified atom stereocenters. The summed E-state index contributed by atoms with van der Waals surface area (Å²) in [5.74, 6) is 0.640. The van der Waals surface area contributed by atoms with Crippen LogP contribution in [-0.4, -0.2) is 24.8 Å². The van der Waals surface area contributed by atoms with Gasteiger partial charge in [0, 0.05) is 18.7 Å². The summed E-state index contributed by atoms with van der Waals surface area (Å²) in [6.07, 6.45) is 1.57. The summed E-state index contributed by atoms with van der Waals surface area (Å²) in [4.78, 5) is 0. The Morgan fingerprint density at radius 3 is 2.58 bits per heavy atom. The van der Waals surface area contributed by atoms with Gasteiger partial charge >= 0.3 is 0 Å². The molecule has 0 saturated carbocycles. The van der Waals surface area contributed by atoms with Crippen LogP contribution in [0.2, 0.25) is 0 Å². The maximum Gasteiger partial charge on any atom is 0.0587 e. The van der Waals surface area contributed by atoms with E-state index in [-0.39, 0.29) is 0 Å². The second-order valence-corrected chi connectivity index (χ2v) is 4.15. The maximum atomic E-state index is 5.56. The Kier molecular flexibility index (Phi) is 3.53. The first-order valence-corrected chi connectivity index (χ1v) is 4.99. The van der Waals surface area contributed by atoms with Gasteiger partial charge in [-0.1, -0.05) is 20.8 Å². The van der Waals surface area contributed by atoms with Crippen LogP contribution in [0, 0.1) is 5.92 Å². The third-order valence-electron chi connectivity index (χ3n) is 2.73. The molecule has 0 bridgehead atoms. The Morgan fingerprint density at radius 1 is 1.33 bits per heavy atom. The third-order valence-corrected chi connectivity index (χ3v) is 2.73. The molecule has 1 heterocycles. The smallest absolute Gasteiger partial charge is 0.0587 e. The highest BCUT2D eigenvalue weighted by Crippen LogP contribution is 2.20. The molecule has 1 aliphatic heterocycles. The van der Waals surface area contributed by atoms with Crippen molar-refractivity contribution >= 4 is 0 Å². The van der Waals surface area contributed by atoms with Crippen molar-refractivity contribution in [3.8, 4) is 0 Å². The fourth-order valence-corrected chi connectivity index (χ4v) is 1.79. The second kappa shape index (κ2) is 4.24. The van der Waals surface area contributed by atoms with Crippen molar-refractivity contribution in [1.29, 1.82) is 0 Å². The standard InChI is InChI=1S/C10H21NO/c1-7(2)11-10-5-6-12-9(4)8(10)3/h7-11H,5-6H2,1-4H3. The van der Waals surface area contributed by atoms with Crippen molar-refractivity contribution in [3.05, 3.63) is 0 Å². The van der Waals surface area contributed by atoms with Crippen LogP contribution in [0.25, 0.3) is 0 Å². The van der Waals surface area contributed by atoms with E-state index in [0.29, 0.717) is 24.1 Å². The summed E-state index contributed by atoms with van der Waals surface area (Å²) < 4.78 is 5.56. The average Bonchev–Trinajstić information content (AvgIpc) is 1.98. The van der Waals surface area contributed by atoms with Crippen LogP contribution in [0.5, 0.6) is 0 Å². The SMILES string of the molecule is CC(C)NC1CCOC(C)C1C. The van der Waals surface area contributed by atoms with E-state index in [1.54, 1.807) is 0 Å². The van der Waals surface area contributed by atoms with Gasteiger partial charge in [0.05, 0.1) is 6.10 Å². The number of rotatable bonds is 2. The molecular formula is C10H21NO. The van der Waals surface area contributed by atoms with E-state index in [2.05, 4.69) is 33.0 Å². The third kappa shape index (κ3) is 2.46. The van der Waals surface area contributed by atoms with Crippen LogP contribution >= 0.6 is 0 Å². The lowest BCUT2D eigenvalue weighted by Crippen LogP contribution is -2.47. The predicted molar refractivity (Wildman–Crippen MR) is 51.3 cm³/mol. The number of nitrogens with one attached hydrogen (secondary N) is 1. The van der Waals surface area contributed by atoms with Crippen molar-refractivity contribution in [2.45, 2.75) is 52.3 Å². The van der Waals surface area contributed by atoms with Gasteiger partial charge in [-0.3, -0.25) is 0 Å². The van der Waals surface area contributed by atoms with Gasteiger partial charge in [-0.25, -0.2) is 0 Å². The lowest BCUT2D eigenvalue weighted by atomic mass is 9.91. The lowest BCUT2D eigenvalue weighted by molar-refractivity contribution is -0.0273. The normalized spacial score (nSPS) is 37.2. The van der Waals surface area contributed by atoms with E-state index in [4.69, 9.17) is 4.74 Å². The van der Waals surface area contributed by atoms with Gasteiger partial charge in [-0.05, 0) is 19.3 Å². The minimum absolute atomic E-state index is 0.412. The van der Waals surface area contributed by atoms with Crippen molar-refractivity contribution in [2.24, 2.45) is 5.92 Å². The highest BCUT2D eigenvalue weighted by molar-refractivity contribution is 4.82. The summed E-state index contributed by atoms with van der Waals surface area (Å²) in [6, 6.07) is 1.23. The van der Waals surface area contributed by atoms with Crippen molar-refractivity contribution in [3.63, 3.8) is 0 Å². The number of ether oxygens (including phenoxy) is 1. The molecule has 0 aliphatic carbocycles. The van der Waals surface area contributed by atoms with Gasteiger partial charge in [0.2, 0.25) is 0 Å². The molecule has 1 aliphatic rings. The Balaban J connectivity index is 2.41. The Labute approximate surface area is 75.7 Å². The van der Waals surface area contributed by atoms with E-state index in [0.717, 1.165) is 13.0 Å². The molecule has 3 atom stereocenters. The zero-order valence-corrected chi connectivity index (χ0v) is 8.63. The monoisotopic (exact) mass is 171 g/mol. The van der Waals surface area contributed by atoms with Gasteiger partial charge in [0.1, 0.15) is 0 Å². The van der Waals surface area contributed by atoms with Crippen molar-refractivity contribution in [2.75, 3.05) is 6.61 Å². The molecule has 0 aromatic carbocycles. The molecule has 1 fully saturated rings. The molecule has 0 aromatic rings. The predicted octanol–water partition coefficient (Wildman–Crippen LogP) is 1.80. The Hall–Kier alpha value is -0.0800. The Morgan fingerprint density at radius 2 is 2.00 bits per heavy atom. The first-order chi connectivity index (χ1) is 5.61. The topological polar surface area (TPSA) is 21.3 Å². The van der Waals surface area contributed by atoms with Crippen LogP contribution in [0.3, 0.4) is 0 Å². The van der Waals surface area contributed by atoms with Gasteiger partial charge in [0.15, 0.2) is 0 Å². The lowest BCUT2D eigenvalue weighted by Gasteiger charge is -2.35. The summed E-state index contributed by atoms with van der Waals surface area (Å²) in [6.45, 7) is 9.75.